The molecule has 0 aliphatic rings. The first kappa shape index (κ1) is 25.3. The van der Waals surface area contributed by atoms with Gasteiger partial charge in [0.15, 0.2) is 0 Å². The lowest BCUT2D eigenvalue weighted by Gasteiger charge is -2.19. The molecule has 4 aromatic rings. The molecule has 1 heterocycles. The number of benzene rings is 3. The van der Waals surface area contributed by atoms with E-state index in [0.717, 1.165) is 16.7 Å². The van der Waals surface area contributed by atoms with E-state index in [1.807, 2.05) is 37.3 Å². The number of ether oxygens (including phenoxy) is 1. The molecule has 1 N–H and O–H groups in total. The third-order valence-corrected chi connectivity index (χ3v) is 7.55. The van der Waals surface area contributed by atoms with Gasteiger partial charge in [-0.2, -0.15) is 4.72 Å². The van der Waals surface area contributed by atoms with Gasteiger partial charge < -0.3 is 9.15 Å². The maximum atomic E-state index is 13.5. The Labute approximate surface area is 209 Å². The van der Waals surface area contributed by atoms with Crippen molar-refractivity contribution in [3.8, 4) is 5.75 Å². The summed E-state index contributed by atoms with van der Waals surface area (Å²) in [6, 6.07) is 17.6. The number of aryl methyl sites for hydroxylation is 3. The molecule has 0 aliphatic carbocycles. The smallest absolute Gasteiger partial charge is 0.339 e. The van der Waals surface area contributed by atoms with Crippen LogP contribution in [0.2, 0.25) is 0 Å². The summed E-state index contributed by atoms with van der Waals surface area (Å²) in [5.41, 5.74) is 3.27. The van der Waals surface area contributed by atoms with E-state index >= 15 is 0 Å². The summed E-state index contributed by atoms with van der Waals surface area (Å²) in [5, 5.41) is 0.492. The number of hydrogen-bond donors (Lipinski definition) is 1. The van der Waals surface area contributed by atoms with Gasteiger partial charge in [0.1, 0.15) is 17.4 Å². The Hall–Kier alpha value is -3.75. The Balaban J connectivity index is 1.73. The van der Waals surface area contributed by atoms with Crippen molar-refractivity contribution in [2.24, 2.45) is 0 Å². The zero-order chi connectivity index (χ0) is 26.0. The highest BCUT2D eigenvalue weighted by atomic mass is 32.2. The lowest BCUT2D eigenvalue weighted by atomic mass is 10.0. The molecule has 0 bridgehead atoms. The molecule has 4 rings (SSSR count). The summed E-state index contributed by atoms with van der Waals surface area (Å²) in [6.45, 7) is 7.04. The Morgan fingerprint density at radius 3 is 2.25 bits per heavy atom. The molecular formula is C28H27NO6S. The number of nitrogens with one attached hydrogen (secondary N) is 1. The van der Waals surface area contributed by atoms with E-state index in [-0.39, 0.29) is 17.1 Å². The molecule has 0 saturated heterocycles. The van der Waals surface area contributed by atoms with E-state index < -0.39 is 27.7 Å². The van der Waals surface area contributed by atoms with E-state index in [0.29, 0.717) is 22.1 Å². The monoisotopic (exact) mass is 505 g/mol. The lowest BCUT2D eigenvalue weighted by Crippen LogP contribution is -2.44. The fourth-order valence-electron chi connectivity index (χ4n) is 3.94. The van der Waals surface area contributed by atoms with Crippen LogP contribution in [0.25, 0.3) is 11.0 Å². The number of carbonyl (C=O) groups excluding carboxylic acids is 1. The van der Waals surface area contributed by atoms with E-state index in [4.69, 9.17) is 9.15 Å². The molecule has 0 fully saturated rings. The zero-order valence-corrected chi connectivity index (χ0v) is 21.3. The van der Waals surface area contributed by atoms with E-state index in [9.17, 15) is 18.0 Å². The van der Waals surface area contributed by atoms with E-state index in [1.165, 1.54) is 12.1 Å². The third-order valence-electron chi connectivity index (χ3n) is 6.06. The molecule has 1 atom stereocenters. The molecule has 186 valence electrons. The molecule has 7 nitrogen and oxygen atoms in total. The zero-order valence-electron chi connectivity index (χ0n) is 20.5. The van der Waals surface area contributed by atoms with Gasteiger partial charge in [-0.05, 0) is 75.1 Å². The molecule has 36 heavy (non-hydrogen) atoms. The van der Waals surface area contributed by atoms with Crippen LogP contribution in [0.4, 0.5) is 0 Å². The van der Waals surface area contributed by atoms with Crippen LogP contribution in [0.15, 0.2) is 80.8 Å². The minimum atomic E-state index is -4.02. The van der Waals surface area contributed by atoms with Crippen molar-refractivity contribution in [2.45, 2.75) is 45.1 Å². The molecule has 0 radical (unpaired) electrons. The van der Waals surface area contributed by atoms with Crippen molar-refractivity contribution in [2.75, 3.05) is 0 Å². The largest absolute Gasteiger partial charge is 0.425 e. The molecule has 0 spiro atoms. The fraction of sp³-hybridized carbons (Fsp3) is 0.214. The van der Waals surface area contributed by atoms with Crippen molar-refractivity contribution in [1.29, 1.82) is 0 Å². The van der Waals surface area contributed by atoms with Crippen molar-refractivity contribution in [3.63, 3.8) is 0 Å². The minimum Gasteiger partial charge on any atom is -0.425 e. The molecule has 0 amide bonds. The van der Waals surface area contributed by atoms with Crippen molar-refractivity contribution >= 4 is 27.0 Å². The van der Waals surface area contributed by atoms with Gasteiger partial charge in [0.25, 0.3) is 0 Å². The summed E-state index contributed by atoms with van der Waals surface area (Å²) >= 11 is 0. The Bertz CT molecular complexity index is 1590. The number of sulfonamides is 1. The Kier molecular flexibility index (Phi) is 7.10. The first-order valence-corrected chi connectivity index (χ1v) is 12.9. The standard InChI is InChI=1S/C28H27NO6S/c1-17-10-12-22(13-11-17)36(32,33)29-23(16-21-8-6-5-7-9-21)28(31)35-25-15-18(2)14-24-26(25)19(3)20(4)27(30)34-24/h5-15,23,29H,16H2,1-4H3/t23-/m0/s1. The Morgan fingerprint density at radius 1 is 0.917 bits per heavy atom. The SMILES string of the molecule is Cc1ccc(S(=O)(=O)N[C@@H](Cc2ccccc2)C(=O)Oc2cc(C)cc3oc(=O)c(C)c(C)c23)cc1. The molecule has 0 aliphatic heterocycles. The first-order valence-electron chi connectivity index (χ1n) is 11.4. The van der Waals surface area contributed by atoms with Crippen LogP contribution < -0.4 is 15.1 Å². The second-order valence-electron chi connectivity index (χ2n) is 8.87. The summed E-state index contributed by atoms with van der Waals surface area (Å²) in [6.07, 6.45) is 0.0849. The number of fused-ring (bicyclic) bond motifs is 1. The molecule has 0 unspecified atom stereocenters. The molecule has 3 aromatic carbocycles. The lowest BCUT2D eigenvalue weighted by molar-refractivity contribution is -0.136. The second-order valence-corrected chi connectivity index (χ2v) is 10.6. The van der Waals surface area contributed by atoms with E-state index in [2.05, 4.69) is 4.72 Å². The molecule has 0 saturated carbocycles. The predicted octanol–water partition coefficient (Wildman–Crippen LogP) is 4.52. The minimum absolute atomic E-state index is 0.0493. The van der Waals surface area contributed by atoms with Gasteiger partial charge in [-0.15, -0.1) is 0 Å². The number of carbonyl (C=O) groups is 1. The second kappa shape index (κ2) is 10.1. The van der Waals surface area contributed by atoms with Crippen molar-refractivity contribution in [1.82, 2.24) is 4.72 Å². The summed E-state index contributed by atoms with van der Waals surface area (Å²) < 4.78 is 40.0. The van der Waals surface area contributed by atoms with E-state index in [1.54, 1.807) is 45.0 Å². The highest BCUT2D eigenvalue weighted by molar-refractivity contribution is 7.89. The fourth-order valence-corrected chi connectivity index (χ4v) is 5.13. The van der Waals surface area contributed by atoms with Crippen LogP contribution >= 0.6 is 0 Å². The average molecular weight is 506 g/mol. The van der Waals surface area contributed by atoms with Crippen LogP contribution in [0, 0.1) is 27.7 Å². The number of hydrogen-bond acceptors (Lipinski definition) is 6. The average Bonchev–Trinajstić information content (AvgIpc) is 2.82. The van der Waals surface area contributed by atoms with Gasteiger partial charge in [-0.25, -0.2) is 18.0 Å². The van der Waals surface area contributed by atoms with Gasteiger partial charge >= 0.3 is 11.6 Å². The highest BCUT2D eigenvalue weighted by Crippen LogP contribution is 2.31. The summed E-state index contributed by atoms with van der Waals surface area (Å²) in [4.78, 5) is 25.7. The maximum Gasteiger partial charge on any atom is 0.339 e. The number of esters is 1. The van der Waals surface area contributed by atoms with Gasteiger partial charge in [-0.1, -0.05) is 48.0 Å². The van der Waals surface area contributed by atoms with Crippen LogP contribution in [0.5, 0.6) is 5.75 Å². The topological polar surface area (TPSA) is 103 Å². The number of rotatable bonds is 7. The van der Waals surface area contributed by atoms with Gasteiger partial charge in [0, 0.05) is 5.56 Å². The van der Waals surface area contributed by atoms with Crippen LogP contribution in [-0.2, 0) is 21.2 Å². The van der Waals surface area contributed by atoms with Crippen LogP contribution in [0.1, 0.15) is 27.8 Å². The van der Waals surface area contributed by atoms with Crippen molar-refractivity contribution in [3.05, 3.63) is 105 Å². The van der Waals surface area contributed by atoms with Gasteiger partial charge in [0.05, 0.1) is 10.3 Å². The predicted molar refractivity (Wildman–Crippen MR) is 138 cm³/mol. The van der Waals surface area contributed by atoms with Gasteiger partial charge in [-0.3, -0.25) is 0 Å². The first-order chi connectivity index (χ1) is 17.0. The summed E-state index contributed by atoms with van der Waals surface area (Å²) in [7, 11) is -4.02. The molecule has 8 heteroatoms. The summed E-state index contributed by atoms with van der Waals surface area (Å²) in [5.74, 6) is -0.573. The van der Waals surface area contributed by atoms with Crippen LogP contribution in [-0.4, -0.2) is 20.4 Å². The highest BCUT2D eigenvalue weighted by Gasteiger charge is 2.29. The van der Waals surface area contributed by atoms with Crippen LogP contribution in [0.3, 0.4) is 0 Å². The maximum absolute atomic E-state index is 13.5. The molecule has 1 aromatic heterocycles. The van der Waals surface area contributed by atoms with Crippen molar-refractivity contribution < 1.29 is 22.4 Å². The van der Waals surface area contributed by atoms with Gasteiger partial charge in [0.2, 0.25) is 10.0 Å². The molecular weight excluding hydrogens is 478 g/mol. The quantitative estimate of drug-likeness (QED) is 0.225. The third kappa shape index (κ3) is 5.40. The Morgan fingerprint density at radius 2 is 1.58 bits per heavy atom. The normalized spacial score (nSPS) is 12.4.